The number of rotatable bonds is 7. The van der Waals surface area contributed by atoms with Crippen molar-refractivity contribution < 1.29 is 14.5 Å². The van der Waals surface area contributed by atoms with Crippen LogP contribution in [0.4, 0.5) is 17.1 Å². The lowest BCUT2D eigenvalue weighted by Crippen LogP contribution is -2.43. The third-order valence-corrected chi connectivity index (χ3v) is 4.86. The summed E-state index contributed by atoms with van der Waals surface area (Å²) < 4.78 is 0. The maximum absolute atomic E-state index is 12.5. The van der Waals surface area contributed by atoms with Crippen LogP contribution in [0.15, 0.2) is 66.7 Å². The Balaban J connectivity index is 1.63. The highest BCUT2D eigenvalue weighted by atomic mass is 16.6. The number of nitrogens with one attached hydrogen (secondary N) is 2. The average Bonchev–Trinajstić information content (AvgIpc) is 2.73. The van der Waals surface area contributed by atoms with Crippen molar-refractivity contribution >= 4 is 39.6 Å². The maximum Gasteiger partial charge on any atom is 0.292 e. The number of nitrogens with zero attached hydrogens (tertiary/aromatic N) is 2. The van der Waals surface area contributed by atoms with Gasteiger partial charge in [-0.15, -0.1) is 0 Å². The third kappa shape index (κ3) is 4.79. The standard InChI is InChI=1S/C22H22N4O4/c1-15(22(28)24-19-11-5-6-13-20(19)26(29)30)25(2)14-21(27)23-18-12-7-9-16-8-3-4-10-17(16)18/h3-13,15H,14H2,1-2H3,(H,23,27)(H,24,28)/t15-/m1/s1. The van der Waals surface area contributed by atoms with Gasteiger partial charge in [-0.05, 0) is 31.5 Å². The van der Waals surface area contributed by atoms with Crippen LogP contribution in [0.2, 0.25) is 0 Å². The molecule has 0 aromatic heterocycles. The lowest BCUT2D eigenvalue weighted by molar-refractivity contribution is -0.383. The molecular weight excluding hydrogens is 384 g/mol. The van der Waals surface area contributed by atoms with Gasteiger partial charge in [0.1, 0.15) is 5.69 Å². The maximum atomic E-state index is 12.5. The Morgan fingerprint density at radius 3 is 2.37 bits per heavy atom. The summed E-state index contributed by atoms with van der Waals surface area (Å²) >= 11 is 0. The predicted octanol–water partition coefficient (Wildman–Crippen LogP) is 3.65. The van der Waals surface area contributed by atoms with Crippen LogP contribution in [-0.4, -0.2) is 41.3 Å². The van der Waals surface area contributed by atoms with Gasteiger partial charge >= 0.3 is 0 Å². The van der Waals surface area contributed by atoms with Crippen LogP contribution < -0.4 is 10.6 Å². The zero-order chi connectivity index (χ0) is 21.7. The summed E-state index contributed by atoms with van der Waals surface area (Å²) in [4.78, 5) is 37.2. The number of amides is 2. The highest BCUT2D eigenvalue weighted by molar-refractivity contribution is 6.03. The molecule has 3 aromatic rings. The first-order valence-electron chi connectivity index (χ1n) is 9.39. The molecule has 30 heavy (non-hydrogen) atoms. The van der Waals surface area contributed by atoms with Crippen LogP contribution in [0.3, 0.4) is 0 Å². The Morgan fingerprint density at radius 1 is 0.967 bits per heavy atom. The molecule has 154 valence electrons. The number of fused-ring (bicyclic) bond motifs is 1. The van der Waals surface area contributed by atoms with Crippen LogP contribution in [-0.2, 0) is 9.59 Å². The Kier molecular flexibility index (Phi) is 6.38. The molecule has 0 heterocycles. The molecule has 0 fully saturated rings. The molecule has 0 aliphatic carbocycles. The Bertz CT molecular complexity index is 1090. The predicted molar refractivity (Wildman–Crippen MR) is 116 cm³/mol. The van der Waals surface area contributed by atoms with E-state index >= 15 is 0 Å². The number of anilines is 2. The number of carbonyl (C=O) groups excluding carboxylic acids is 2. The molecule has 3 aromatic carbocycles. The molecule has 8 nitrogen and oxygen atoms in total. The summed E-state index contributed by atoms with van der Waals surface area (Å²) in [5, 5.41) is 18.5. The van der Waals surface area contributed by atoms with Gasteiger partial charge < -0.3 is 10.6 Å². The lowest BCUT2D eigenvalue weighted by Gasteiger charge is -2.23. The smallest absolute Gasteiger partial charge is 0.292 e. The fraction of sp³-hybridized carbons (Fsp3) is 0.182. The molecule has 8 heteroatoms. The number of nitro benzene ring substituents is 1. The first-order chi connectivity index (χ1) is 14.4. The second-order valence-corrected chi connectivity index (χ2v) is 6.93. The largest absolute Gasteiger partial charge is 0.324 e. The fourth-order valence-electron chi connectivity index (χ4n) is 3.06. The summed E-state index contributed by atoms with van der Waals surface area (Å²) in [7, 11) is 1.65. The van der Waals surface area contributed by atoms with Crippen molar-refractivity contribution in [3.05, 3.63) is 76.8 Å². The minimum absolute atomic E-state index is 0.0192. The molecule has 2 amide bonds. The summed E-state index contributed by atoms with van der Waals surface area (Å²) in [5.41, 5.74) is 0.630. The number of hydrogen-bond donors (Lipinski definition) is 2. The number of likely N-dealkylation sites (N-methyl/N-ethyl adjacent to an activating group) is 1. The summed E-state index contributed by atoms with van der Waals surface area (Å²) in [6, 6.07) is 18.6. The van der Waals surface area contributed by atoms with Gasteiger partial charge in [0.2, 0.25) is 11.8 Å². The molecule has 0 saturated carbocycles. The van der Waals surface area contributed by atoms with Gasteiger partial charge in [0.25, 0.3) is 5.69 Å². The molecule has 2 N–H and O–H groups in total. The van der Waals surface area contributed by atoms with Gasteiger partial charge in [-0.3, -0.25) is 24.6 Å². The molecule has 0 unspecified atom stereocenters. The molecular formula is C22H22N4O4. The molecule has 0 bridgehead atoms. The number of benzene rings is 3. The number of hydrogen-bond acceptors (Lipinski definition) is 5. The molecule has 1 atom stereocenters. The topological polar surface area (TPSA) is 105 Å². The van der Waals surface area contributed by atoms with Crippen molar-refractivity contribution in [2.24, 2.45) is 0 Å². The molecule has 0 aliphatic rings. The van der Waals surface area contributed by atoms with Gasteiger partial charge in [-0.1, -0.05) is 48.5 Å². The molecule has 0 radical (unpaired) electrons. The lowest BCUT2D eigenvalue weighted by atomic mass is 10.1. The van der Waals surface area contributed by atoms with Crippen molar-refractivity contribution in [1.82, 2.24) is 4.90 Å². The second kappa shape index (κ2) is 9.15. The van der Waals surface area contributed by atoms with Crippen molar-refractivity contribution in [3.63, 3.8) is 0 Å². The number of nitro groups is 1. The number of para-hydroxylation sites is 2. The first-order valence-corrected chi connectivity index (χ1v) is 9.39. The van der Waals surface area contributed by atoms with E-state index in [0.717, 1.165) is 10.8 Å². The van der Waals surface area contributed by atoms with Crippen LogP contribution >= 0.6 is 0 Å². The van der Waals surface area contributed by atoms with Gasteiger partial charge in [0.15, 0.2) is 0 Å². The van der Waals surface area contributed by atoms with Crippen LogP contribution in [0, 0.1) is 10.1 Å². The monoisotopic (exact) mass is 406 g/mol. The van der Waals surface area contributed by atoms with Crippen LogP contribution in [0.5, 0.6) is 0 Å². The van der Waals surface area contributed by atoms with E-state index in [1.54, 1.807) is 24.9 Å². The van der Waals surface area contributed by atoms with Crippen molar-refractivity contribution in [2.75, 3.05) is 24.2 Å². The van der Waals surface area contributed by atoms with E-state index in [0.29, 0.717) is 5.69 Å². The van der Waals surface area contributed by atoms with Crippen LogP contribution in [0.25, 0.3) is 10.8 Å². The Morgan fingerprint density at radius 2 is 1.60 bits per heavy atom. The van der Waals surface area contributed by atoms with Gasteiger partial charge in [-0.25, -0.2) is 0 Å². The highest BCUT2D eigenvalue weighted by Gasteiger charge is 2.23. The van der Waals surface area contributed by atoms with Gasteiger partial charge in [0, 0.05) is 17.1 Å². The molecule has 0 aliphatic heterocycles. The van der Waals surface area contributed by atoms with Crippen molar-refractivity contribution in [3.8, 4) is 0 Å². The third-order valence-electron chi connectivity index (χ3n) is 4.86. The molecule has 3 rings (SSSR count). The van der Waals surface area contributed by atoms with E-state index in [1.807, 2.05) is 42.5 Å². The van der Waals surface area contributed by atoms with Gasteiger partial charge in [-0.2, -0.15) is 0 Å². The van der Waals surface area contributed by atoms with E-state index in [1.165, 1.54) is 18.2 Å². The zero-order valence-corrected chi connectivity index (χ0v) is 16.7. The summed E-state index contributed by atoms with van der Waals surface area (Å²) in [5.74, 6) is -0.705. The van der Waals surface area contributed by atoms with Crippen molar-refractivity contribution in [2.45, 2.75) is 13.0 Å². The minimum Gasteiger partial charge on any atom is -0.324 e. The molecule has 0 spiro atoms. The number of carbonyl (C=O) groups is 2. The second-order valence-electron chi connectivity index (χ2n) is 6.93. The summed E-state index contributed by atoms with van der Waals surface area (Å²) in [6.45, 7) is 1.62. The summed E-state index contributed by atoms with van der Waals surface area (Å²) in [6.07, 6.45) is 0. The van der Waals surface area contributed by atoms with E-state index in [-0.39, 0.29) is 23.8 Å². The van der Waals surface area contributed by atoms with Crippen LogP contribution in [0.1, 0.15) is 6.92 Å². The zero-order valence-electron chi connectivity index (χ0n) is 16.7. The molecule has 0 saturated heterocycles. The average molecular weight is 406 g/mol. The van der Waals surface area contributed by atoms with E-state index < -0.39 is 16.9 Å². The highest BCUT2D eigenvalue weighted by Crippen LogP contribution is 2.24. The quantitative estimate of drug-likeness (QED) is 0.460. The van der Waals surface area contributed by atoms with E-state index in [4.69, 9.17) is 0 Å². The van der Waals surface area contributed by atoms with Gasteiger partial charge in [0.05, 0.1) is 17.5 Å². The Hall–Kier alpha value is -3.78. The normalized spacial score (nSPS) is 11.8. The van der Waals surface area contributed by atoms with E-state index in [2.05, 4.69) is 10.6 Å². The first kappa shape index (κ1) is 20.9. The van der Waals surface area contributed by atoms with Crippen molar-refractivity contribution in [1.29, 1.82) is 0 Å². The minimum atomic E-state index is -0.678. The Labute approximate surface area is 173 Å². The fourth-order valence-corrected chi connectivity index (χ4v) is 3.06. The van der Waals surface area contributed by atoms with E-state index in [9.17, 15) is 19.7 Å². The SMILES string of the molecule is C[C@H](C(=O)Nc1ccccc1[N+](=O)[O-])N(C)CC(=O)Nc1cccc2ccccc12.